The Balaban J connectivity index is 0. The van der Waals surface area contributed by atoms with E-state index in [0.717, 1.165) is 0 Å². The van der Waals surface area contributed by atoms with Crippen molar-refractivity contribution in [2.45, 2.75) is 0 Å². The molecule has 0 saturated carbocycles. The fraction of sp³-hybridized carbons (Fsp3) is 0. The Morgan fingerprint density at radius 1 is 0.333 bits per heavy atom. The fourth-order valence-corrected chi connectivity index (χ4v) is 0. The molecule has 6 heteroatoms. The zero-order chi connectivity index (χ0) is 0. The molecule has 0 aromatic carbocycles. The van der Waals surface area contributed by atoms with Gasteiger partial charge in [0.25, 0.3) is 0 Å². The molecule has 0 aromatic rings. The van der Waals surface area contributed by atoms with Crippen LogP contribution in [0.4, 0.5) is 0 Å². The van der Waals surface area contributed by atoms with Gasteiger partial charge in [-0.05, 0) is 0 Å². The van der Waals surface area contributed by atoms with Gasteiger partial charge in [-0.3, -0.25) is 0 Å². The van der Waals surface area contributed by atoms with Gasteiger partial charge in [0.2, 0.25) is 0 Å². The van der Waals surface area contributed by atoms with Gasteiger partial charge >= 0.3 is 29.9 Å². The van der Waals surface area contributed by atoms with Crippen LogP contribution in [-0.2, 0) is 0 Å². The van der Waals surface area contributed by atoms with Crippen molar-refractivity contribution < 1.29 is 92.0 Å². The SMILES string of the molecule is [Cl-].[Cl-].[Cl-].[Cl-].[Cl-].[Np+5]. The van der Waals surface area contributed by atoms with E-state index in [1.165, 1.54) is 0 Å². The second kappa shape index (κ2) is 51.4. The van der Waals surface area contributed by atoms with Crippen molar-refractivity contribution in [3.8, 4) is 0 Å². The number of rotatable bonds is 0. The van der Waals surface area contributed by atoms with Crippen molar-refractivity contribution in [3.63, 3.8) is 0 Å². The Morgan fingerprint density at radius 3 is 0.333 bits per heavy atom. The summed E-state index contributed by atoms with van der Waals surface area (Å²) in [6.07, 6.45) is 0. The Morgan fingerprint density at radius 2 is 0.333 bits per heavy atom. The topological polar surface area (TPSA) is 0 Å². The van der Waals surface area contributed by atoms with Crippen LogP contribution in [0.3, 0.4) is 0 Å². The van der Waals surface area contributed by atoms with Crippen LogP contribution in [0.25, 0.3) is 0 Å². The van der Waals surface area contributed by atoms with E-state index in [9.17, 15) is 0 Å². The minimum absolute atomic E-state index is 0. The quantitative estimate of drug-likeness (QED) is 0.370. The first kappa shape index (κ1) is 77.7. The predicted molar refractivity (Wildman–Crippen MR) is 0 cm³/mol. The van der Waals surface area contributed by atoms with E-state index in [1.807, 2.05) is 0 Å². The minimum atomic E-state index is 0. The minimum Gasteiger partial charge on any atom is -1.00 e. The Hall–Kier alpha value is 2.46. The summed E-state index contributed by atoms with van der Waals surface area (Å²) in [6, 6.07) is 0. The largest absolute Gasteiger partial charge is 5.00 e. The third kappa shape index (κ3) is 31.8. The van der Waals surface area contributed by atoms with Crippen LogP contribution in [0.1, 0.15) is 0 Å². The zero-order valence-electron chi connectivity index (χ0n) is 2.34. The summed E-state index contributed by atoms with van der Waals surface area (Å²) >= 11 is 0. The summed E-state index contributed by atoms with van der Waals surface area (Å²) < 4.78 is 0. The smallest absolute Gasteiger partial charge is 1.00 e. The van der Waals surface area contributed by atoms with E-state index < -0.39 is 0 Å². The molecule has 0 fully saturated rings. The molecule has 6 heavy (non-hydrogen) atoms. The molecule has 0 spiro atoms. The zero-order valence-corrected chi connectivity index (χ0v) is 9.84. The maximum absolute atomic E-state index is 0. The van der Waals surface area contributed by atoms with Crippen LogP contribution >= 0.6 is 0 Å². The van der Waals surface area contributed by atoms with Gasteiger partial charge in [-0.1, -0.05) is 0 Å². The number of hydrogen-bond acceptors (Lipinski definition) is 0. The Bertz CT molecular complexity index is 3.90. The van der Waals surface area contributed by atoms with Gasteiger partial charge in [-0.15, -0.1) is 0 Å². The molecule has 0 heterocycles. The molecule has 0 atom stereocenters. The van der Waals surface area contributed by atoms with Gasteiger partial charge in [0, 0.05) is 0 Å². The van der Waals surface area contributed by atoms with Crippen LogP contribution < -0.4 is 62.0 Å². The van der Waals surface area contributed by atoms with Crippen LogP contribution in [0.2, 0.25) is 0 Å². The summed E-state index contributed by atoms with van der Waals surface area (Å²) in [6.45, 7) is 0. The van der Waals surface area contributed by atoms with Crippen molar-refractivity contribution in [3.05, 3.63) is 0 Å². The first-order valence-corrected chi connectivity index (χ1v) is 0. The van der Waals surface area contributed by atoms with Gasteiger partial charge < -0.3 is 62.0 Å². The number of halogens is 5. The summed E-state index contributed by atoms with van der Waals surface area (Å²) in [4.78, 5) is 0. The first-order chi connectivity index (χ1) is 0. The molecule has 0 amide bonds. The van der Waals surface area contributed by atoms with Crippen molar-refractivity contribution in [2.24, 2.45) is 0 Å². The maximum Gasteiger partial charge on any atom is 5.00 e. The fourth-order valence-electron chi connectivity index (χ4n) is 0. The summed E-state index contributed by atoms with van der Waals surface area (Å²) in [5, 5.41) is 0. The molecule has 0 bridgehead atoms. The van der Waals surface area contributed by atoms with Crippen molar-refractivity contribution in [2.75, 3.05) is 0 Å². The second-order valence-corrected chi connectivity index (χ2v) is 0. The molecule has 0 radical (unpaired) electrons. The van der Waals surface area contributed by atoms with E-state index >= 15 is 0 Å². The molecule has 0 N–H and O–H groups in total. The molecule has 0 unspecified atom stereocenters. The molecule has 0 aliphatic rings. The molecule has 40 valence electrons. The van der Waals surface area contributed by atoms with E-state index in [2.05, 4.69) is 0 Å². The molecular weight excluding hydrogens is 414 g/mol. The van der Waals surface area contributed by atoms with Crippen LogP contribution in [-0.4, -0.2) is 0 Å². The van der Waals surface area contributed by atoms with Crippen molar-refractivity contribution in [1.29, 1.82) is 0 Å². The second-order valence-electron chi connectivity index (χ2n) is 0. The van der Waals surface area contributed by atoms with Crippen LogP contribution in [0.15, 0.2) is 0 Å². The van der Waals surface area contributed by atoms with Gasteiger partial charge in [0.1, 0.15) is 0 Å². The van der Waals surface area contributed by atoms with Gasteiger partial charge in [0.05, 0.1) is 0 Å². The first-order valence-electron chi connectivity index (χ1n) is 0. The molecule has 0 aliphatic carbocycles. The molecule has 0 rings (SSSR count). The predicted octanol–water partition coefficient (Wildman–Crippen LogP) is -15.0. The monoisotopic (exact) mass is 411 g/mol. The van der Waals surface area contributed by atoms with Crippen LogP contribution in [0.5, 0.6) is 0 Å². The van der Waals surface area contributed by atoms with E-state index in [-0.39, 0.29) is 92.0 Å². The molecule has 0 aliphatic heterocycles. The number of hydrogen-bond donors (Lipinski definition) is 0. The standard InChI is InChI=1S/5ClH.Np/h5*1H;/q;;;;;+5/p-5. The summed E-state index contributed by atoms with van der Waals surface area (Å²) in [5.41, 5.74) is 0. The normalized spacial score (nSPS) is 0. The Labute approximate surface area is 90.9 Å². The van der Waals surface area contributed by atoms with Gasteiger partial charge in [0.15, 0.2) is 0 Å². The van der Waals surface area contributed by atoms with Gasteiger partial charge in [-0.2, -0.15) is 0 Å². The van der Waals surface area contributed by atoms with Gasteiger partial charge in [-0.25, -0.2) is 0 Å². The average molecular weight is 414 g/mol. The molecule has 0 saturated heterocycles. The van der Waals surface area contributed by atoms with Crippen molar-refractivity contribution >= 4 is 0 Å². The van der Waals surface area contributed by atoms with Crippen molar-refractivity contribution in [1.82, 2.24) is 0 Å². The maximum atomic E-state index is 0. The molecule has 0 aromatic heterocycles. The van der Waals surface area contributed by atoms with Crippen LogP contribution in [0, 0.1) is 29.9 Å². The average Bonchev–Trinajstić information content (AvgIpc) is 0. The Kier molecular flexibility index (Phi) is 665. The summed E-state index contributed by atoms with van der Waals surface area (Å²) in [5.74, 6) is 0. The third-order valence-electron chi connectivity index (χ3n) is 0. The molecule has 0 nitrogen and oxygen atoms in total. The van der Waals surface area contributed by atoms with E-state index in [0.29, 0.717) is 0 Å². The van der Waals surface area contributed by atoms with E-state index in [1.54, 1.807) is 0 Å². The van der Waals surface area contributed by atoms with E-state index in [4.69, 9.17) is 0 Å². The third-order valence-corrected chi connectivity index (χ3v) is 0. The summed E-state index contributed by atoms with van der Waals surface area (Å²) in [7, 11) is 0. The molecular formula is Cl5Np.